The summed E-state index contributed by atoms with van der Waals surface area (Å²) in [5, 5.41) is 7.85. The molecule has 0 rings (SSSR count). The second-order valence-electron chi connectivity index (χ2n) is 2.58. The highest BCUT2D eigenvalue weighted by Crippen LogP contribution is 2.05. The first kappa shape index (κ1) is 8.23. The van der Waals surface area contributed by atoms with Crippen LogP contribution in [-0.4, -0.2) is 16.9 Å². The lowest BCUT2D eigenvalue weighted by atomic mass is 10.2. The fraction of sp³-hybridized carbons (Fsp3) is 0.800. The molecule has 0 aromatic rings. The van der Waals surface area contributed by atoms with Gasteiger partial charge < -0.3 is 4.74 Å². The zero-order valence-electron chi connectivity index (χ0n) is 5.71. The predicted octanol–water partition coefficient (Wildman–Crippen LogP) is 0.915. The van der Waals surface area contributed by atoms with Crippen LogP contribution in [0.3, 0.4) is 0 Å². The summed E-state index contributed by atoms with van der Waals surface area (Å²) in [5.74, 6) is 0. The van der Waals surface area contributed by atoms with Gasteiger partial charge in [0, 0.05) is 0 Å². The molecule has 0 aromatic heterocycles. The normalized spacial score (nSPS) is 10.7. The van der Waals surface area contributed by atoms with Crippen LogP contribution >= 0.6 is 0 Å². The number of ether oxygens (including phenoxy) is 1. The Balaban J connectivity index is 3.60. The van der Waals surface area contributed by atoms with Crippen LogP contribution in [0.5, 0.6) is 0 Å². The second-order valence-corrected chi connectivity index (χ2v) is 2.58. The van der Waals surface area contributed by atoms with Crippen LogP contribution in [-0.2, 0) is 4.74 Å². The van der Waals surface area contributed by atoms with Crippen molar-refractivity contribution >= 4 is 6.09 Å². The second kappa shape index (κ2) is 2.68. The third-order valence-electron chi connectivity index (χ3n) is 0.475. The average molecular weight is 132 g/mol. The van der Waals surface area contributed by atoms with Crippen molar-refractivity contribution in [3.8, 4) is 0 Å². The zero-order valence-corrected chi connectivity index (χ0v) is 5.71. The van der Waals surface area contributed by atoms with E-state index in [1.54, 1.807) is 20.8 Å². The number of nitrogens with zero attached hydrogens (tertiary/aromatic N) is 1. The van der Waals surface area contributed by atoms with Crippen LogP contribution in [0.4, 0.5) is 4.79 Å². The van der Waals surface area contributed by atoms with Crippen molar-refractivity contribution in [2.75, 3.05) is 0 Å². The SMILES string of the molecule is CC(C)(C)OC(=O)[N]O. The number of hydrogen-bond donors (Lipinski definition) is 1. The Bertz CT molecular complexity index is 105. The van der Waals surface area contributed by atoms with E-state index in [0.717, 1.165) is 0 Å². The summed E-state index contributed by atoms with van der Waals surface area (Å²) in [6.45, 7) is 5.07. The van der Waals surface area contributed by atoms with Crippen molar-refractivity contribution in [2.24, 2.45) is 0 Å². The van der Waals surface area contributed by atoms with E-state index in [2.05, 4.69) is 10.2 Å². The van der Waals surface area contributed by atoms with Crippen LogP contribution in [0.2, 0.25) is 0 Å². The molecule has 4 nitrogen and oxygen atoms in total. The summed E-state index contributed by atoms with van der Waals surface area (Å²) in [7, 11) is 0. The predicted molar refractivity (Wildman–Crippen MR) is 30.2 cm³/mol. The lowest BCUT2D eigenvalue weighted by Crippen LogP contribution is -2.27. The summed E-state index contributed by atoms with van der Waals surface area (Å²) >= 11 is 0. The van der Waals surface area contributed by atoms with Crippen LogP contribution < -0.4 is 5.48 Å². The highest BCUT2D eigenvalue weighted by molar-refractivity contribution is 5.65. The van der Waals surface area contributed by atoms with E-state index < -0.39 is 11.7 Å². The molecule has 0 bridgehead atoms. The molecule has 53 valence electrons. The summed E-state index contributed by atoms with van der Waals surface area (Å²) in [6.07, 6.45) is -0.956. The molecule has 0 aliphatic rings. The number of carbonyl (C=O) groups excluding carboxylic acids is 1. The maximum Gasteiger partial charge on any atom is 0.456 e. The van der Waals surface area contributed by atoms with Crippen LogP contribution in [0.15, 0.2) is 0 Å². The van der Waals surface area contributed by atoms with E-state index in [1.165, 1.54) is 0 Å². The molecule has 1 amide bonds. The van der Waals surface area contributed by atoms with Gasteiger partial charge in [-0.3, -0.25) is 5.21 Å². The highest BCUT2D eigenvalue weighted by Gasteiger charge is 2.15. The lowest BCUT2D eigenvalue weighted by Gasteiger charge is -2.16. The first-order chi connectivity index (χ1) is 3.95. The van der Waals surface area contributed by atoms with Crippen LogP contribution in [0, 0.1) is 0 Å². The minimum Gasteiger partial charge on any atom is -0.441 e. The smallest absolute Gasteiger partial charge is 0.441 e. The number of hydrogen-bond acceptors (Lipinski definition) is 3. The van der Waals surface area contributed by atoms with Gasteiger partial charge in [-0.1, -0.05) is 5.48 Å². The van der Waals surface area contributed by atoms with Gasteiger partial charge in [0.25, 0.3) is 0 Å². The van der Waals surface area contributed by atoms with Gasteiger partial charge in [0.05, 0.1) is 0 Å². The number of amides is 1. The quantitative estimate of drug-likeness (QED) is 0.393. The van der Waals surface area contributed by atoms with E-state index in [4.69, 9.17) is 5.21 Å². The number of carbonyl (C=O) groups is 1. The highest BCUT2D eigenvalue weighted by atomic mass is 16.6. The molecule has 0 unspecified atom stereocenters. The van der Waals surface area contributed by atoms with E-state index in [9.17, 15) is 4.79 Å². The maximum absolute atomic E-state index is 10.2. The Morgan fingerprint density at radius 2 is 2.00 bits per heavy atom. The van der Waals surface area contributed by atoms with Gasteiger partial charge in [-0.15, -0.1) is 0 Å². The minimum absolute atomic E-state index is 0.580. The average Bonchev–Trinajstić information content (AvgIpc) is 1.62. The third-order valence-corrected chi connectivity index (χ3v) is 0.475. The van der Waals surface area contributed by atoms with Gasteiger partial charge >= 0.3 is 6.09 Å². The topological polar surface area (TPSA) is 60.6 Å². The van der Waals surface area contributed by atoms with Crippen molar-refractivity contribution in [3.63, 3.8) is 0 Å². The molecule has 9 heavy (non-hydrogen) atoms. The van der Waals surface area contributed by atoms with Gasteiger partial charge in [-0.05, 0) is 20.8 Å². The first-order valence-electron chi connectivity index (χ1n) is 2.54. The molecule has 4 heteroatoms. The van der Waals surface area contributed by atoms with Gasteiger partial charge in [0.1, 0.15) is 5.60 Å². The molecule has 0 heterocycles. The van der Waals surface area contributed by atoms with Crippen LogP contribution in [0.25, 0.3) is 0 Å². The van der Waals surface area contributed by atoms with E-state index in [1.807, 2.05) is 0 Å². The third kappa shape index (κ3) is 5.10. The Morgan fingerprint density at radius 1 is 1.56 bits per heavy atom. The standard InChI is InChI=1S/C5H10NO3/c1-5(2,3)9-4(7)6-8/h8H,1-3H3. The molecular weight excluding hydrogens is 122 g/mol. The van der Waals surface area contributed by atoms with Gasteiger partial charge in [-0.2, -0.15) is 0 Å². The van der Waals surface area contributed by atoms with Gasteiger partial charge in [-0.25, -0.2) is 4.79 Å². The van der Waals surface area contributed by atoms with E-state index in [-0.39, 0.29) is 0 Å². The minimum atomic E-state index is -0.956. The number of rotatable bonds is 0. The lowest BCUT2D eigenvalue weighted by molar-refractivity contribution is 0.0201. The molecule has 0 saturated heterocycles. The molecule has 0 saturated carbocycles. The summed E-state index contributed by atoms with van der Waals surface area (Å²) in [6, 6.07) is 0. The maximum atomic E-state index is 10.2. The van der Waals surface area contributed by atoms with Crippen molar-refractivity contribution in [1.29, 1.82) is 0 Å². The molecular formula is C5H10NO3. The van der Waals surface area contributed by atoms with E-state index in [0.29, 0.717) is 0 Å². The Labute approximate surface area is 53.8 Å². The fourth-order valence-corrected chi connectivity index (χ4v) is 0.282. The van der Waals surface area contributed by atoms with E-state index >= 15 is 0 Å². The first-order valence-corrected chi connectivity index (χ1v) is 2.54. The molecule has 0 fully saturated rings. The Morgan fingerprint density at radius 3 is 2.11 bits per heavy atom. The van der Waals surface area contributed by atoms with Gasteiger partial charge in [0.2, 0.25) is 0 Å². The summed E-state index contributed by atoms with van der Waals surface area (Å²) in [5.41, 5.74) is 1.73. The largest absolute Gasteiger partial charge is 0.456 e. The van der Waals surface area contributed by atoms with Crippen molar-refractivity contribution in [2.45, 2.75) is 26.4 Å². The molecule has 0 aliphatic heterocycles. The molecule has 1 N–H and O–H groups in total. The summed E-state index contributed by atoms with van der Waals surface area (Å²) in [4.78, 5) is 10.2. The monoisotopic (exact) mass is 132 g/mol. The molecule has 0 spiro atoms. The molecule has 0 atom stereocenters. The Hall–Kier alpha value is -0.770. The Kier molecular flexibility index (Phi) is 2.45. The van der Waals surface area contributed by atoms with Crippen molar-refractivity contribution < 1.29 is 14.7 Å². The number of hydroxylamine groups is 1. The fourth-order valence-electron chi connectivity index (χ4n) is 0.282. The molecule has 1 radical (unpaired) electrons. The zero-order chi connectivity index (χ0) is 7.49. The van der Waals surface area contributed by atoms with Gasteiger partial charge in [0.15, 0.2) is 0 Å². The molecule has 0 aromatic carbocycles. The van der Waals surface area contributed by atoms with Crippen molar-refractivity contribution in [3.05, 3.63) is 0 Å². The van der Waals surface area contributed by atoms with Crippen molar-refractivity contribution in [1.82, 2.24) is 5.48 Å². The van der Waals surface area contributed by atoms with Crippen LogP contribution in [0.1, 0.15) is 20.8 Å². The summed E-state index contributed by atoms with van der Waals surface area (Å²) < 4.78 is 4.53. The molecule has 0 aliphatic carbocycles.